The van der Waals surface area contributed by atoms with Crippen LogP contribution in [0.25, 0.3) is 0 Å². The van der Waals surface area contributed by atoms with Crippen molar-refractivity contribution in [2.45, 2.75) is 25.6 Å². The Hall–Kier alpha value is -1.33. The van der Waals surface area contributed by atoms with E-state index in [1.165, 1.54) is 0 Å². The summed E-state index contributed by atoms with van der Waals surface area (Å²) in [5.41, 5.74) is 1.86. The molecule has 1 fully saturated rings. The van der Waals surface area contributed by atoms with E-state index in [4.69, 9.17) is 44.9 Å². The molecule has 3 rings (SSSR count). The molecule has 0 spiro atoms. The molecular weight excluding hydrogens is 377 g/mol. The van der Waals surface area contributed by atoms with Gasteiger partial charge in [-0.2, -0.15) is 0 Å². The summed E-state index contributed by atoms with van der Waals surface area (Å²) in [5.74, 6) is 0.761. The number of hydrogen-bond acceptors (Lipinski definition) is 3. The Morgan fingerprint density at radius 1 is 1.20 bits per heavy atom. The summed E-state index contributed by atoms with van der Waals surface area (Å²) in [6, 6.07) is 13.1. The SMILES string of the molecule is S=C(NC[C@@H]1CCCO1)c1ccc(OCc2ccc(Cl)cc2Cl)cc1. The molecule has 1 atom stereocenters. The Morgan fingerprint density at radius 2 is 2.00 bits per heavy atom. The van der Waals surface area contributed by atoms with Crippen LogP contribution in [0.3, 0.4) is 0 Å². The van der Waals surface area contributed by atoms with Crippen LogP contribution < -0.4 is 10.1 Å². The second-order valence-electron chi connectivity index (χ2n) is 5.89. The Bertz CT molecular complexity index is 731. The summed E-state index contributed by atoms with van der Waals surface area (Å²) in [4.78, 5) is 0.725. The predicted octanol–water partition coefficient (Wildman–Crippen LogP) is 5.02. The number of ether oxygens (including phenoxy) is 2. The Balaban J connectivity index is 1.51. The van der Waals surface area contributed by atoms with Crippen molar-refractivity contribution in [2.24, 2.45) is 0 Å². The summed E-state index contributed by atoms with van der Waals surface area (Å²) in [6.07, 6.45) is 2.49. The van der Waals surface area contributed by atoms with Crippen LogP contribution in [0, 0.1) is 0 Å². The first kappa shape index (κ1) is 18.5. The fraction of sp³-hybridized carbons (Fsp3) is 0.316. The third-order valence-electron chi connectivity index (χ3n) is 4.04. The summed E-state index contributed by atoms with van der Waals surface area (Å²) in [6.45, 7) is 1.99. The van der Waals surface area contributed by atoms with E-state index in [9.17, 15) is 0 Å². The largest absolute Gasteiger partial charge is 0.489 e. The molecule has 2 aromatic rings. The second kappa shape index (κ2) is 8.86. The molecule has 1 aliphatic rings. The highest BCUT2D eigenvalue weighted by molar-refractivity contribution is 7.80. The lowest BCUT2D eigenvalue weighted by Gasteiger charge is -2.13. The highest BCUT2D eigenvalue weighted by Gasteiger charge is 2.15. The highest BCUT2D eigenvalue weighted by Crippen LogP contribution is 2.23. The summed E-state index contributed by atoms with van der Waals surface area (Å²) in [7, 11) is 0. The molecule has 2 aromatic carbocycles. The van der Waals surface area contributed by atoms with Crippen LogP contribution in [0.2, 0.25) is 10.0 Å². The first-order valence-corrected chi connectivity index (χ1v) is 9.35. The van der Waals surface area contributed by atoms with Gasteiger partial charge in [-0.1, -0.05) is 41.5 Å². The van der Waals surface area contributed by atoms with E-state index in [1.54, 1.807) is 12.1 Å². The monoisotopic (exact) mass is 395 g/mol. The lowest BCUT2D eigenvalue weighted by atomic mass is 10.2. The van der Waals surface area contributed by atoms with Gasteiger partial charge in [0, 0.05) is 34.3 Å². The molecule has 1 heterocycles. The van der Waals surface area contributed by atoms with Crippen LogP contribution in [-0.2, 0) is 11.3 Å². The van der Waals surface area contributed by atoms with Gasteiger partial charge in [-0.15, -0.1) is 0 Å². The van der Waals surface area contributed by atoms with E-state index in [0.29, 0.717) is 16.7 Å². The number of hydrogen-bond donors (Lipinski definition) is 1. The molecule has 0 aromatic heterocycles. The van der Waals surface area contributed by atoms with E-state index in [1.807, 2.05) is 30.3 Å². The molecule has 0 unspecified atom stereocenters. The zero-order valence-corrected chi connectivity index (χ0v) is 16.0. The molecule has 0 amide bonds. The number of benzene rings is 2. The van der Waals surface area contributed by atoms with Crippen molar-refractivity contribution in [1.29, 1.82) is 0 Å². The first-order chi connectivity index (χ1) is 12.1. The van der Waals surface area contributed by atoms with Gasteiger partial charge in [0.2, 0.25) is 0 Å². The fourth-order valence-electron chi connectivity index (χ4n) is 2.62. The Labute approximate surface area is 163 Å². The minimum atomic E-state index is 0.268. The molecule has 0 saturated carbocycles. The van der Waals surface area contributed by atoms with Crippen molar-refractivity contribution in [3.05, 3.63) is 63.6 Å². The molecule has 1 aliphatic heterocycles. The molecule has 0 aliphatic carbocycles. The van der Waals surface area contributed by atoms with Gasteiger partial charge in [0.25, 0.3) is 0 Å². The maximum absolute atomic E-state index is 6.15. The summed E-state index contributed by atoms with van der Waals surface area (Å²) < 4.78 is 11.4. The van der Waals surface area contributed by atoms with Crippen molar-refractivity contribution in [3.63, 3.8) is 0 Å². The zero-order valence-electron chi connectivity index (χ0n) is 13.6. The Kier molecular flexibility index (Phi) is 6.54. The minimum Gasteiger partial charge on any atom is -0.489 e. The molecule has 0 bridgehead atoms. The van der Waals surface area contributed by atoms with E-state index in [2.05, 4.69) is 5.32 Å². The van der Waals surface area contributed by atoms with Crippen LogP contribution in [0.15, 0.2) is 42.5 Å². The van der Waals surface area contributed by atoms with Crippen LogP contribution in [0.4, 0.5) is 0 Å². The average Bonchev–Trinajstić information content (AvgIpc) is 3.13. The number of nitrogens with one attached hydrogen (secondary N) is 1. The van der Waals surface area contributed by atoms with Crippen LogP contribution in [0.1, 0.15) is 24.0 Å². The van der Waals surface area contributed by atoms with E-state index >= 15 is 0 Å². The summed E-state index contributed by atoms with van der Waals surface area (Å²) in [5, 5.41) is 4.48. The van der Waals surface area contributed by atoms with Gasteiger partial charge in [0.05, 0.1) is 6.10 Å². The lowest BCUT2D eigenvalue weighted by Crippen LogP contribution is -2.31. The number of halogens is 2. The zero-order chi connectivity index (χ0) is 17.6. The highest BCUT2D eigenvalue weighted by atomic mass is 35.5. The van der Waals surface area contributed by atoms with Crippen LogP contribution in [-0.4, -0.2) is 24.2 Å². The molecule has 132 valence electrons. The molecule has 3 nitrogen and oxygen atoms in total. The topological polar surface area (TPSA) is 30.5 Å². The lowest BCUT2D eigenvalue weighted by molar-refractivity contribution is 0.114. The normalized spacial score (nSPS) is 16.6. The smallest absolute Gasteiger partial charge is 0.119 e. The van der Waals surface area contributed by atoms with Crippen molar-refractivity contribution in [2.75, 3.05) is 13.2 Å². The molecule has 1 N–H and O–H groups in total. The third-order valence-corrected chi connectivity index (χ3v) is 5.01. The van der Waals surface area contributed by atoms with Gasteiger partial charge < -0.3 is 14.8 Å². The van der Waals surface area contributed by atoms with Crippen LogP contribution >= 0.6 is 35.4 Å². The molecular formula is C19H19Cl2NO2S. The van der Waals surface area contributed by atoms with Crippen molar-refractivity contribution >= 4 is 40.4 Å². The van der Waals surface area contributed by atoms with Crippen molar-refractivity contribution in [3.8, 4) is 5.75 Å². The minimum absolute atomic E-state index is 0.268. The molecule has 25 heavy (non-hydrogen) atoms. The first-order valence-electron chi connectivity index (χ1n) is 8.18. The van der Waals surface area contributed by atoms with E-state index < -0.39 is 0 Å². The average molecular weight is 396 g/mol. The van der Waals surface area contributed by atoms with Crippen LogP contribution in [0.5, 0.6) is 5.75 Å². The van der Waals surface area contributed by atoms with E-state index in [-0.39, 0.29) is 6.10 Å². The maximum Gasteiger partial charge on any atom is 0.119 e. The van der Waals surface area contributed by atoms with Gasteiger partial charge in [0.1, 0.15) is 17.3 Å². The number of thiocarbonyl (C=S) groups is 1. The van der Waals surface area contributed by atoms with Gasteiger partial charge in [-0.25, -0.2) is 0 Å². The van der Waals surface area contributed by atoms with Gasteiger partial charge >= 0.3 is 0 Å². The van der Waals surface area contributed by atoms with Gasteiger partial charge in [0.15, 0.2) is 0 Å². The van der Waals surface area contributed by atoms with Gasteiger partial charge in [-0.3, -0.25) is 0 Å². The Morgan fingerprint density at radius 3 is 2.68 bits per heavy atom. The van der Waals surface area contributed by atoms with Crippen molar-refractivity contribution < 1.29 is 9.47 Å². The second-order valence-corrected chi connectivity index (χ2v) is 7.15. The number of rotatable bonds is 6. The quantitative estimate of drug-likeness (QED) is 0.695. The molecule has 0 radical (unpaired) electrons. The summed E-state index contributed by atoms with van der Waals surface area (Å²) >= 11 is 17.5. The molecule has 6 heteroatoms. The van der Waals surface area contributed by atoms with E-state index in [0.717, 1.165) is 47.9 Å². The standard InChI is InChI=1S/C19H19Cl2NO2S/c20-15-6-3-14(18(21)10-15)12-24-16-7-4-13(5-8-16)19(25)22-11-17-2-1-9-23-17/h3-8,10,17H,1-2,9,11-12H2,(H,22,25)/t17-/m0/s1. The molecule has 1 saturated heterocycles. The third kappa shape index (κ3) is 5.32. The van der Waals surface area contributed by atoms with Crippen molar-refractivity contribution in [1.82, 2.24) is 5.32 Å². The van der Waals surface area contributed by atoms with Gasteiger partial charge in [-0.05, 0) is 49.2 Å². The predicted molar refractivity (Wildman–Crippen MR) is 106 cm³/mol. The maximum atomic E-state index is 6.15. The fourth-order valence-corrected chi connectivity index (χ4v) is 3.30.